The standard InChI is InChI=1S/C47H82O14/c1-12-37-42(9,52)19-18-38(57-37)43(10)23-29(6)47(55,61-43)44(11)20-17-35(58-44)40(49)46(54)28(5)21-26(3)36(60-46)24-45(53)27(4)14-16-34(59-45)30(7)33(48)22-32-15-13-25(2)39(56-32)31(8)41(50)51/h25-40,48-49,52-55H,12-24H2,1-11H3,(H,50,51)/t25-,26-,27-,28+,29+,30-,31+,32+,33+,34?,35?,36+,37-,38+,39-,40?,42+,43-,44+,45+,46+,47+/m0/s1. The van der Waals surface area contributed by atoms with Crippen LogP contribution in [-0.4, -0.2) is 131 Å². The normalized spacial score (nSPS) is 51.8. The van der Waals surface area contributed by atoms with Crippen LogP contribution >= 0.6 is 0 Å². The van der Waals surface area contributed by atoms with Crippen LogP contribution < -0.4 is 0 Å². The van der Waals surface area contributed by atoms with Crippen molar-refractivity contribution in [2.45, 2.75) is 249 Å². The topological polar surface area (TPSA) is 214 Å². The smallest absolute Gasteiger partial charge is 0.308 e. The summed E-state index contributed by atoms with van der Waals surface area (Å²) in [4.78, 5) is 11.7. The highest BCUT2D eigenvalue weighted by Gasteiger charge is 2.67. The number of carboxylic acids is 1. The molecule has 61 heavy (non-hydrogen) atoms. The Morgan fingerprint density at radius 2 is 1.46 bits per heavy atom. The van der Waals surface area contributed by atoms with Gasteiger partial charge in [-0.05, 0) is 117 Å². The number of hydrogen-bond acceptors (Lipinski definition) is 13. The fraction of sp³-hybridized carbons (Fsp3) is 0.979. The molecule has 6 fully saturated rings. The van der Waals surface area contributed by atoms with Gasteiger partial charge in [-0.25, -0.2) is 0 Å². The van der Waals surface area contributed by atoms with E-state index in [1.807, 2.05) is 55.4 Å². The van der Waals surface area contributed by atoms with E-state index >= 15 is 0 Å². The van der Waals surface area contributed by atoms with Crippen molar-refractivity contribution in [2.75, 3.05) is 0 Å². The van der Waals surface area contributed by atoms with Crippen molar-refractivity contribution in [2.24, 2.45) is 41.4 Å². The summed E-state index contributed by atoms with van der Waals surface area (Å²) in [5.41, 5.74) is -3.00. The first-order valence-electron chi connectivity index (χ1n) is 23.7. The molecule has 0 aromatic rings. The Balaban J connectivity index is 1.09. The van der Waals surface area contributed by atoms with Crippen molar-refractivity contribution in [1.29, 1.82) is 0 Å². The molecule has 22 atom stereocenters. The number of hydrogen-bond donors (Lipinski definition) is 7. The molecular weight excluding hydrogens is 789 g/mol. The molecule has 14 heteroatoms. The van der Waals surface area contributed by atoms with Crippen LogP contribution in [0.15, 0.2) is 0 Å². The number of rotatable bonds is 13. The van der Waals surface area contributed by atoms with Gasteiger partial charge in [-0.3, -0.25) is 4.79 Å². The predicted octanol–water partition coefficient (Wildman–Crippen LogP) is 5.43. The Bertz CT molecular complexity index is 1510. The van der Waals surface area contributed by atoms with E-state index in [9.17, 15) is 40.5 Å². The summed E-state index contributed by atoms with van der Waals surface area (Å²) < 4.78 is 39.0. The third-order valence-corrected chi connectivity index (χ3v) is 17.0. The van der Waals surface area contributed by atoms with Gasteiger partial charge in [0.1, 0.15) is 11.7 Å². The van der Waals surface area contributed by atoms with E-state index in [0.29, 0.717) is 64.2 Å². The van der Waals surface area contributed by atoms with Crippen molar-refractivity contribution >= 4 is 5.97 Å². The Labute approximate surface area is 364 Å². The van der Waals surface area contributed by atoms with Crippen molar-refractivity contribution < 1.29 is 69.0 Å². The van der Waals surface area contributed by atoms with Crippen molar-refractivity contribution in [3.63, 3.8) is 0 Å². The van der Waals surface area contributed by atoms with Crippen LogP contribution in [0.3, 0.4) is 0 Å². The molecule has 0 spiro atoms. The third-order valence-electron chi connectivity index (χ3n) is 17.0. The van der Waals surface area contributed by atoms with Gasteiger partial charge in [0.05, 0.1) is 66.0 Å². The quantitative estimate of drug-likeness (QED) is 0.123. The Morgan fingerprint density at radius 3 is 2.11 bits per heavy atom. The maximum atomic E-state index is 12.4. The molecule has 3 unspecified atom stereocenters. The van der Waals surface area contributed by atoms with Gasteiger partial charge >= 0.3 is 5.97 Å². The third kappa shape index (κ3) is 9.37. The summed E-state index contributed by atoms with van der Waals surface area (Å²) >= 11 is 0. The van der Waals surface area contributed by atoms with Gasteiger partial charge in [-0.15, -0.1) is 0 Å². The fourth-order valence-electron chi connectivity index (χ4n) is 12.3. The summed E-state index contributed by atoms with van der Waals surface area (Å²) in [7, 11) is 0. The van der Waals surface area contributed by atoms with E-state index in [4.69, 9.17) is 28.4 Å². The van der Waals surface area contributed by atoms with Crippen LogP contribution in [-0.2, 0) is 33.2 Å². The van der Waals surface area contributed by atoms with Crippen LogP contribution in [0.2, 0.25) is 0 Å². The predicted molar refractivity (Wildman–Crippen MR) is 225 cm³/mol. The molecule has 354 valence electrons. The molecule has 0 aromatic heterocycles. The lowest BCUT2D eigenvalue weighted by Crippen LogP contribution is -2.63. The maximum absolute atomic E-state index is 12.4. The number of carboxylic acid groups (broad SMARTS) is 1. The largest absolute Gasteiger partial charge is 0.481 e. The Morgan fingerprint density at radius 1 is 0.770 bits per heavy atom. The summed E-state index contributed by atoms with van der Waals surface area (Å²) in [5.74, 6) is -8.40. The second-order valence-corrected chi connectivity index (χ2v) is 21.8. The van der Waals surface area contributed by atoms with Crippen molar-refractivity contribution in [3.05, 3.63) is 0 Å². The van der Waals surface area contributed by atoms with Gasteiger partial charge in [0.2, 0.25) is 0 Å². The van der Waals surface area contributed by atoms with Gasteiger partial charge in [-0.1, -0.05) is 48.5 Å². The zero-order valence-corrected chi connectivity index (χ0v) is 38.9. The monoisotopic (exact) mass is 871 g/mol. The zero-order chi connectivity index (χ0) is 45.2. The average molecular weight is 871 g/mol. The molecule has 6 heterocycles. The first-order chi connectivity index (χ1) is 28.2. The molecule has 6 aliphatic heterocycles. The minimum Gasteiger partial charge on any atom is -0.481 e. The first kappa shape index (κ1) is 49.4. The summed E-state index contributed by atoms with van der Waals surface area (Å²) in [6, 6.07) is 0. The molecular formula is C47H82O14. The highest BCUT2D eigenvalue weighted by Crippen LogP contribution is 2.56. The number of aliphatic hydroxyl groups is 6. The average Bonchev–Trinajstić information content (AvgIpc) is 3.72. The van der Waals surface area contributed by atoms with Gasteiger partial charge in [0.25, 0.3) is 0 Å². The minimum absolute atomic E-state index is 0.0409. The summed E-state index contributed by atoms with van der Waals surface area (Å²) in [5, 5.41) is 80.9. The first-order valence-corrected chi connectivity index (χ1v) is 23.7. The second-order valence-electron chi connectivity index (χ2n) is 21.8. The summed E-state index contributed by atoms with van der Waals surface area (Å²) in [6.45, 7) is 20.8. The van der Waals surface area contributed by atoms with Gasteiger partial charge in [-0.2, -0.15) is 0 Å². The Kier molecular flexibility index (Phi) is 14.6. The molecule has 14 nitrogen and oxygen atoms in total. The van der Waals surface area contributed by atoms with E-state index < -0.39 is 88.6 Å². The van der Waals surface area contributed by atoms with E-state index in [0.717, 1.165) is 12.8 Å². The molecule has 7 N–H and O–H groups in total. The van der Waals surface area contributed by atoms with Crippen molar-refractivity contribution in [3.8, 4) is 0 Å². The van der Waals surface area contributed by atoms with Crippen LogP contribution in [0.25, 0.3) is 0 Å². The van der Waals surface area contributed by atoms with Gasteiger partial charge in [0, 0.05) is 30.1 Å². The number of aliphatic hydroxyl groups excluding tert-OH is 2. The fourth-order valence-corrected chi connectivity index (χ4v) is 12.3. The molecule has 0 amide bonds. The molecule has 0 aliphatic carbocycles. The lowest BCUT2D eigenvalue weighted by atomic mass is 9.76. The molecule has 6 saturated heterocycles. The zero-order valence-electron chi connectivity index (χ0n) is 38.9. The number of carbonyl (C=O) groups is 1. The molecule has 6 aliphatic rings. The molecule has 0 saturated carbocycles. The van der Waals surface area contributed by atoms with Gasteiger partial charge < -0.3 is 64.2 Å². The lowest BCUT2D eigenvalue weighted by Gasteiger charge is -2.52. The molecule has 0 aromatic carbocycles. The SMILES string of the molecule is CC[C@@H]1O[C@@H]([C@]2(C)C[C@@H](C)[C@](O)([C@@]3(C)CCC(C(O)[C@]4(O)O[C@H](C[C@@]5(O)OC([C@@H](C)[C@H](O)C[C@H]6CC[C@H](C)[C@@H]([C@@H](C)C(=O)O)O6)CC[C@@H]5C)[C@@H](C)C[C@H]4C)O3)O2)CC[C@@]1(C)O. The van der Waals surface area contributed by atoms with E-state index in [-0.39, 0.29) is 54.3 Å². The van der Waals surface area contributed by atoms with Crippen LogP contribution in [0.5, 0.6) is 0 Å². The minimum atomic E-state index is -2.03. The molecule has 6 rings (SSSR count). The van der Waals surface area contributed by atoms with Crippen LogP contribution in [0.1, 0.15) is 160 Å². The molecule has 0 bridgehead atoms. The van der Waals surface area contributed by atoms with E-state index in [2.05, 4.69) is 0 Å². The highest BCUT2D eigenvalue weighted by molar-refractivity contribution is 5.70. The lowest BCUT2D eigenvalue weighted by molar-refractivity contribution is -0.373. The van der Waals surface area contributed by atoms with Crippen molar-refractivity contribution in [1.82, 2.24) is 0 Å². The van der Waals surface area contributed by atoms with Crippen LogP contribution in [0.4, 0.5) is 0 Å². The second kappa shape index (κ2) is 18.0. The van der Waals surface area contributed by atoms with Gasteiger partial charge in [0.15, 0.2) is 17.4 Å². The number of ether oxygens (including phenoxy) is 6. The summed E-state index contributed by atoms with van der Waals surface area (Å²) in [6.07, 6.45) is 0.932. The Hall–Kier alpha value is -1.01. The van der Waals surface area contributed by atoms with E-state index in [1.165, 1.54) is 0 Å². The van der Waals surface area contributed by atoms with Crippen LogP contribution in [0, 0.1) is 41.4 Å². The molecule has 0 radical (unpaired) electrons. The van der Waals surface area contributed by atoms with E-state index in [1.54, 1.807) is 20.8 Å². The maximum Gasteiger partial charge on any atom is 0.308 e. The highest BCUT2D eigenvalue weighted by atomic mass is 16.7. The number of aliphatic carboxylic acids is 1.